The van der Waals surface area contributed by atoms with E-state index in [0.29, 0.717) is 11.5 Å². The number of nitrogens with one attached hydrogen (secondary N) is 2. The van der Waals surface area contributed by atoms with Crippen molar-refractivity contribution in [2.45, 2.75) is 27.3 Å². The van der Waals surface area contributed by atoms with Crippen LogP contribution in [-0.4, -0.2) is 25.8 Å². The number of nitrogens with zero attached hydrogens (tertiary/aromatic N) is 2. The first kappa shape index (κ1) is 21.1. The largest absolute Gasteiger partial charge is 0.454 e. The quantitative estimate of drug-likeness (QED) is 0.513. The summed E-state index contributed by atoms with van der Waals surface area (Å²) in [5.41, 5.74) is 3.90. The molecule has 0 aromatic heterocycles. The average molecular weight is 406 g/mol. The van der Waals surface area contributed by atoms with E-state index in [1.54, 1.807) is 6.07 Å². The predicted molar refractivity (Wildman–Crippen MR) is 116 cm³/mol. The van der Waals surface area contributed by atoms with Crippen LogP contribution >= 0.6 is 0 Å². The summed E-state index contributed by atoms with van der Waals surface area (Å²) < 4.78 is 10.6. The minimum Gasteiger partial charge on any atom is -0.454 e. The molecular weight excluding hydrogens is 380 g/mol. The number of nitriles is 1. The molecule has 7 nitrogen and oxygen atoms in total. The molecule has 0 saturated heterocycles. The highest BCUT2D eigenvalue weighted by molar-refractivity contribution is 5.97. The van der Waals surface area contributed by atoms with Crippen LogP contribution in [0.1, 0.15) is 25.0 Å². The molecule has 2 N–H and O–H groups in total. The third-order valence-corrected chi connectivity index (χ3v) is 4.97. The van der Waals surface area contributed by atoms with Crippen molar-refractivity contribution in [3.05, 3.63) is 59.3 Å². The van der Waals surface area contributed by atoms with Gasteiger partial charge in [-0.25, -0.2) is 0 Å². The number of fused-ring (bicyclic) bond motifs is 1. The Morgan fingerprint density at radius 2 is 1.93 bits per heavy atom. The van der Waals surface area contributed by atoms with E-state index in [4.69, 9.17) is 9.47 Å². The maximum atomic E-state index is 12.4. The molecule has 156 valence electrons. The van der Waals surface area contributed by atoms with Crippen LogP contribution < -0.4 is 25.0 Å². The van der Waals surface area contributed by atoms with Crippen molar-refractivity contribution >= 4 is 17.3 Å². The van der Waals surface area contributed by atoms with Gasteiger partial charge in [-0.1, -0.05) is 6.07 Å². The van der Waals surface area contributed by atoms with E-state index >= 15 is 0 Å². The lowest BCUT2D eigenvalue weighted by molar-refractivity contribution is -0.117. The Bertz CT molecular complexity index is 990. The van der Waals surface area contributed by atoms with Crippen molar-refractivity contribution < 1.29 is 14.3 Å². The number of aryl methyl sites for hydroxylation is 1. The molecule has 0 spiro atoms. The van der Waals surface area contributed by atoms with Crippen LogP contribution in [-0.2, 0) is 11.3 Å². The van der Waals surface area contributed by atoms with Gasteiger partial charge < -0.3 is 25.0 Å². The predicted octanol–water partition coefficient (Wildman–Crippen LogP) is 3.71. The van der Waals surface area contributed by atoms with E-state index in [2.05, 4.69) is 35.4 Å². The number of carbonyl (C=O) groups excluding carboxylic acids is 1. The van der Waals surface area contributed by atoms with Crippen LogP contribution in [0.2, 0.25) is 0 Å². The Balaban J connectivity index is 1.62. The van der Waals surface area contributed by atoms with Crippen LogP contribution in [0.15, 0.2) is 48.2 Å². The zero-order valence-electron chi connectivity index (χ0n) is 17.5. The maximum Gasteiger partial charge on any atom is 0.263 e. The van der Waals surface area contributed by atoms with E-state index in [-0.39, 0.29) is 18.9 Å². The maximum absolute atomic E-state index is 12.4. The molecule has 0 atom stereocenters. The number of rotatable bonds is 8. The molecule has 0 aliphatic carbocycles. The number of carbonyl (C=O) groups is 1. The van der Waals surface area contributed by atoms with E-state index in [0.717, 1.165) is 35.6 Å². The summed E-state index contributed by atoms with van der Waals surface area (Å²) in [5, 5.41) is 15.2. The molecule has 30 heavy (non-hydrogen) atoms. The number of hydrogen-bond acceptors (Lipinski definition) is 6. The lowest BCUT2D eigenvalue weighted by Gasteiger charge is -2.22. The molecular formula is C23H26N4O3. The summed E-state index contributed by atoms with van der Waals surface area (Å²) in [6.45, 7) is 8.59. The van der Waals surface area contributed by atoms with Gasteiger partial charge in [-0.15, -0.1) is 0 Å². The Hall–Kier alpha value is -3.66. The highest BCUT2D eigenvalue weighted by Gasteiger charge is 2.14. The van der Waals surface area contributed by atoms with E-state index in [9.17, 15) is 10.1 Å². The molecule has 3 rings (SSSR count). The molecule has 1 heterocycles. The second kappa shape index (κ2) is 9.70. The van der Waals surface area contributed by atoms with Crippen LogP contribution in [0.25, 0.3) is 0 Å². The number of amides is 1. The fourth-order valence-electron chi connectivity index (χ4n) is 3.22. The zero-order chi connectivity index (χ0) is 21.5. The highest BCUT2D eigenvalue weighted by Crippen LogP contribution is 2.32. The number of hydrogen-bond donors (Lipinski definition) is 2. The van der Waals surface area contributed by atoms with E-state index < -0.39 is 5.91 Å². The van der Waals surface area contributed by atoms with Gasteiger partial charge >= 0.3 is 0 Å². The molecule has 0 bridgehead atoms. The van der Waals surface area contributed by atoms with Gasteiger partial charge in [-0.2, -0.15) is 5.26 Å². The van der Waals surface area contributed by atoms with Gasteiger partial charge in [-0.05, 0) is 62.2 Å². The Labute approximate surface area is 176 Å². The first-order valence-corrected chi connectivity index (χ1v) is 9.94. The van der Waals surface area contributed by atoms with Crippen molar-refractivity contribution in [1.82, 2.24) is 5.32 Å². The van der Waals surface area contributed by atoms with Gasteiger partial charge in [0.05, 0.1) is 0 Å². The Kier molecular flexibility index (Phi) is 6.81. The number of anilines is 2. The smallest absolute Gasteiger partial charge is 0.263 e. The summed E-state index contributed by atoms with van der Waals surface area (Å²) in [6, 6.07) is 13.5. The van der Waals surface area contributed by atoms with Crippen LogP contribution in [0.5, 0.6) is 11.5 Å². The highest BCUT2D eigenvalue weighted by atomic mass is 16.7. The summed E-state index contributed by atoms with van der Waals surface area (Å²) >= 11 is 0. The molecule has 1 aliphatic heterocycles. The van der Waals surface area contributed by atoms with Gasteiger partial charge in [0.25, 0.3) is 5.91 Å². The normalized spacial score (nSPS) is 12.3. The molecule has 7 heteroatoms. The number of ether oxygens (including phenoxy) is 2. The summed E-state index contributed by atoms with van der Waals surface area (Å²) in [5.74, 6) is 0.900. The summed E-state index contributed by atoms with van der Waals surface area (Å²) in [7, 11) is 0. The second-order valence-corrected chi connectivity index (χ2v) is 6.86. The topological polar surface area (TPSA) is 86.6 Å². The lowest BCUT2D eigenvalue weighted by atomic mass is 10.1. The Morgan fingerprint density at radius 1 is 1.17 bits per heavy atom. The van der Waals surface area contributed by atoms with Gasteiger partial charge in [0.15, 0.2) is 11.5 Å². The monoisotopic (exact) mass is 406 g/mol. The van der Waals surface area contributed by atoms with Crippen LogP contribution in [0.4, 0.5) is 11.4 Å². The SMILES string of the molecule is CCN(CC)c1ccc(N/C=C(/C#N)C(=O)NCc2ccc3c(c2)OCO3)c(C)c1. The molecule has 0 saturated carbocycles. The summed E-state index contributed by atoms with van der Waals surface area (Å²) in [6.07, 6.45) is 1.44. The minimum absolute atomic E-state index is 0.00274. The third-order valence-electron chi connectivity index (χ3n) is 4.97. The molecule has 1 amide bonds. The first-order chi connectivity index (χ1) is 14.5. The second-order valence-electron chi connectivity index (χ2n) is 6.86. The molecule has 2 aromatic rings. The average Bonchev–Trinajstić information content (AvgIpc) is 3.22. The Morgan fingerprint density at radius 3 is 2.63 bits per heavy atom. The van der Waals surface area contributed by atoms with Crippen molar-refractivity contribution in [3.63, 3.8) is 0 Å². The van der Waals surface area contributed by atoms with E-state index in [1.165, 1.54) is 6.20 Å². The lowest BCUT2D eigenvalue weighted by Crippen LogP contribution is -2.24. The van der Waals surface area contributed by atoms with Crippen molar-refractivity contribution in [2.24, 2.45) is 0 Å². The zero-order valence-corrected chi connectivity index (χ0v) is 17.5. The first-order valence-electron chi connectivity index (χ1n) is 9.94. The van der Waals surface area contributed by atoms with Gasteiger partial charge in [0.2, 0.25) is 6.79 Å². The van der Waals surface area contributed by atoms with E-state index in [1.807, 2.05) is 37.3 Å². The standard InChI is InChI=1S/C23H26N4O3/c1-4-27(5-2)19-7-8-20(16(3)10-19)25-14-18(12-24)23(28)26-13-17-6-9-21-22(11-17)30-15-29-21/h6-11,14,25H,4-5,13,15H2,1-3H3,(H,26,28)/b18-14-. The molecule has 0 fully saturated rings. The van der Waals surface area contributed by atoms with Crippen molar-refractivity contribution in [3.8, 4) is 17.6 Å². The fourth-order valence-corrected chi connectivity index (χ4v) is 3.22. The van der Waals surface area contributed by atoms with Gasteiger partial charge in [0, 0.05) is 37.2 Å². The molecule has 1 aliphatic rings. The molecule has 2 aromatic carbocycles. The summed E-state index contributed by atoms with van der Waals surface area (Å²) in [4.78, 5) is 14.7. The minimum atomic E-state index is -0.444. The van der Waals surface area contributed by atoms with Crippen molar-refractivity contribution in [1.29, 1.82) is 5.26 Å². The fraction of sp³-hybridized carbons (Fsp3) is 0.304. The van der Waals surface area contributed by atoms with Crippen LogP contribution in [0, 0.1) is 18.3 Å². The third kappa shape index (κ3) is 4.84. The molecule has 0 unspecified atom stereocenters. The number of benzene rings is 2. The van der Waals surface area contributed by atoms with Crippen LogP contribution in [0.3, 0.4) is 0 Å². The van der Waals surface area contributed by atoms with Gasteiger partial charge in [0.1, 0.15) is 11.6 Å². The molecule has 0 radical (unpaired) electrons. The van der Waals surface area contributed by atoms with Gasteiger partial charge in [-0.3, -0.25) is 4.79 Å². The van der Waals surface area contributed by atoms with Crippen molar-refractivity contribution in [2.75, 3.05) is 30.1 Å².